The average molecular weight is 380 g/mol. The third kappa shape index (κ3) is 6.48. The molecule has 146 valence electrons. The Morgan fingerprint density at radius 3 is 2.11 bits per heavy atom. The van der Waals surface area contributed by atoms with Gasteiger partial charge >= 0.3 is 5.97 Å². The number of ether oxygens (including phenoxy) is 2. The van der Waals surface area contributed by atoms with E-state index in [0.29, 0.717) is 24.9 Å². The Morgan fingerprint density at radius 1 is 1.00 bits per heavy atom. The van der Waals surface area contributed by atoms with E-state index in [9.17, 15) is 4.79 Å². The molecule has 0 atom stereocenters. The van der Waals surface area contributed by atoms with E-state index in [-0.39, 0.29) is 0 Å². The molecule has 6 heteroatoms. The summed E-state index contributed by atoms with van der Waals surface area (Å²) in [6, 6.07) is 16.1. The first-order valence-corrected chi connectivity index (χ1v) is 8.79. The fourth-order valence-electron chi connectivity index (χ4n) is 2.14. The third-order valence-corrected chi connectivity index (χ3v) is 3.73. The molecule has 0 aliphatic heterocycles. The number of aryl methyl sites for hydroxylation is 2. The molecule has 3 rings (SSSR count). The van der Waals surface area contributed by atoms with Gasteiger partial charge in [-0.15, -0.1) is 0 Å². The number of benzene rings is 2. The Balaban J connectivity index is 0.000000266. The standard InChI is InChI=1S/C16H14N2O.C6H10O3/c1-11-3-7-13(8-4-11)15-17-16(19-18-15)14-9-5-12(2)6-10-14;1-3-6(7)9-5-4-8-2/h3-10H,1-2H3;3H,1,4-5H2,2H3. The Hall–Kier alpha value is -3.25. The van der Waals surface area contributed by atoms with Crippen molar-refractivity contribution >= 4 is 5.97 Å². The minimum Gasteiger partial charge on any atom is -0.460 e. The van der Waals surface area contributed by atoms with Crippen LogP contribution >= 0.6 is 0 Å². The van der Waals surface area contributed by atoms with Crippen LogP contribution in [0.15, 0.2) is 65.7 Å². The van der Waals surface area contributed by atoms with Crippen molar-refractivity contribution < 1.29 is 18.8 Å². The molecule has 0 bridgehead atoms. The second-order valence-corrected chi connectivity index (χ2v) is 6.02. The number of aromatic nitrogens is 2. The van der Waals surface area contributed by atoms with Crippen molar-refractivity contribution in [2.24, 2.45) is 0 Å². The quantitative estimate of drug-likeness (QED) is 0.359. The topological polar surface area (TPSA) is 74.5 Å². The molecule has 3 aromatic rings. The molecule has 0 saturated heterocycles. The van der Waals surface area contributed by atoms with E-state index in [1.165, 1.54) is 11.1 Å². The van der Waals surface area contributed by atoms with Gasteiger partial charge in [0.25, 0.3) is 5.89 Å². The molecule has 28 heavy (non-hydrogen) atoms. The van der Waals surface area contributed by atoms with Crippen LogP contribution in [0.4, 0.5) is 0 Å². The number of hydrogen-bond acceptors (Lipinski definition) is 6. The van der Waals surface area contributed by atoms with Gasteiger partial charge in [-0.25, -0.2) is 4.79 Å². The minimum atomic E-state index is -0.410. The molecule has 0 N–H and O–H groups in total. The normalized spacial score (nSPS) is 9.96. The molecular weight excluding hydrogens is 356 g/mol. The molecule has 1 aromatic heterocycles. The van der Waals surface area contributed by atoms with Gasteiger partial charge in [-0.1, -0.05) is 59.3 Å². The van der Waals surface area contributed by atoms with Crippen LogP contribution in [0.25, 0.3) is 22.8 Å². The molecule has 0 aliphatic carbocycles. The number of rotatable bonds is 6. The second-order valence-electron chi connectivity index (χ2n) is 6.02. The Kier molecular flexibility index (Phi) is 8.11. The van der Waals surface area contributed by atoms with Crippen LogP contribution in [0.3, 0.4) is 0 Å². The van der Waals surface area contributed by atoms with Crippen LogP contribution in [-0.2, 0) is 14.3 Å². The molecule has 0 radical (unpaired) electrons. The van der Waals surface area contributed by atoms with E-state index < -0.39 is 5.97 Å². The second kappa shape index (κ2) is 10.8. The number of nitrogens with zero attached hydrogens (tertiary/aromatic N) is 2. The summed E-state index contributed by atoms with van der Waals surface area (Å²) in [7, 11) is 1.54. The van der Waals surface area contributed by atoms with Crippen LogP contribution in [0.2, 0.25) is 0 Å². The zero-order valence-corrected chi connectivity index (χ0v) is 16.3. The number of carbonyl (C=O) groups is 1. The van der Waals surface area contributed by atoms with Crippen molar-refractivity contribution in [3.05, 3.63) is 72.3 Å². The van der Waals surface area contributed by atoms with E-state index in [1.54, 1.807) is 7.11 Å². The van der Waals surface area contributed by atoms with Gasteiger partial charge in [0.1, 0.15) is 6.61 Å². The zero-order chi connectivity index (χ0) is 20.4. The highest BCUT2D eigenvalue weighted by atomic mass is 16.6. The Bertz CT molecular complexity index is 824. The monoisotopic (exact) mass is 380 g/mol. The van der Waals surface area contributed by atoms with Crippen LogP contribution in [0.5, 0.6) is 0 Å². The number of carbonyl (C=O) groups excluding carboxylic acids is 1. The number of esters is 1. The number of hydrogen-bond donors (Lipinski definition) is 0. The summed E-state index contributed by atoms with van der Waals surface area (Å²) < 4.78 is 14.5. The molecule has 0 saturated carbocycles. The van der Waals surface area contributed by atoms with Crippen molar-refractivity contribution in [2.45, 2.75) is 13.8 Å². The van der Waals surface area contributed by atoms with Gasteiger partial charge < -0.3 is 14.0 Å². The lowest BCUT2D eigenvalue weighted by atomic mass is 10.1. The summed E-state index contributed by atoms with van der Waals surface area (Å²) >= 11 is 0. The fraction of sp³-hybridized carbons (Fsp3) is 0.227. The summed E-state index contributed by atoms with van der Waals surface area (Å²) in [6.07, 6.45) is 1.12. The first-order valence-electron chi connectivity index (χ1n) is 8.79. The predicted molar refractivity (Wildman–Crippen MR) is 108 cm³/mol. The molecule has 2 aromatic carbocycles. The van der Waals surface area contributed by atoms with Crippen molar-refractivity contribution in [1.82, 2.24) is 10.1 Å². The van der Waals surface area contributed by atoms with Crippen LogP contribution < -0.4 is 0 Å². The summed E-state index contributed by atoms with van der Waals surface area (Å²) in [5.41, 5.74) is 4.33. The molecule has 0 amide bonds. The van der Waals surface area contributed by atoms with E-state index in [2.05, 4.69) is 40.0 Å². The van der Waals surface area contributed by atoms with E-state index in [0.717, 1.165) is 17.2 Å². The largest absolute Gasteiger partial charge is 0.460 e. The molecule has 0 spiro atoms. The average Bonchev–Trinajstić information content (AvgIpc) is 3.20. The van der Waals surface area contributed by atoms with Gasteiger partial charge in [0.05, 0.1) is 6.61 Å². The van der Waals surface area contributed by atoms with Gasteiger partial charge in [0, 0.05) is 24.3 Å². The van der Waals surface area contributed by atoms with Crippen LogP contribution in [0, 0.1) is 13.8 Å². The van der Waals surface area contributed by atoms with Crippen molar-refractivity contribution in [3.63, 3.8) is 0 Å². The zero-order valence-electron chi connectivity index (χ0n) is 16.3. The van der Waals surface area contributed by atoms with Crippen molar-refractivity contribution in [3.8, 4) is 22.8 Å². The smallest absolute Gasteiger partial charge is 0.330 e. The highest BCUT2D eigenvalue weighted by molar-refractivity contribution is 5.81. The van der Waals surface area contributed by atoms with E-state index in [1.807, 2.05) is 48.5 Å². The maximum atomic E-state index is 10.3. The summed E-state index contributed by atoms with van der Waals surface area (Å²) in [5.74, 6) is 0.762. The molecule has 0 fully saturated rings. The predicted octanol–water partition coefficient (Wildman–Crippen LogP) is 4.38. The number of methoxy groups -OCH3 is 1. The van der Waals surface area contributed by atoms with Crippen molar-refractivity contribution in [2.75, 3.05) is 20.3 Å². The van der Waals surface area contributed by atoms with Crippen LogP contribution in [-0.4, -0.2) is 36.4 Å². The first kappa shape index (κ1) is 21.1. The molecule has 6 nitrogen and oxygen atoms in total. The maximum Gasteiger partial charge on any atom is 0.330 e. The summed E-state index contributed by atoms with van der Waals surface area (Å²) in [4.78, 5) is 14.7. The highest BCUT2D eigenvalue weighted by Gasteiger charge is 2.09. The third-order valence-electron chi connectivity index (χ3n) is 3.73. The first-order chi connectivity index (χ1) is 13.5. The molecular formula is C22H24N2O4. The van der Waals surface area contributed by atoms with Gasteiger partial charge in [-0.3, -0.25) is 0 Å². The van der Waals surface area contributed by atoms with Gasteiger partial charge in [-0.05, 0) is 26.0 Å². The Labute approximate surface area is 164 Å². The Morgan fingerprint density at radius 2 is 1.57 bits per heavy atom. The lowest BCUT2D eigenvalue weighted by Gasteiger charge is -1.98. The van der Waals surface area contributed by atoms with Crippen LogP contribution in [0.1, 0.15) is 11.1 Å². The highest BCUT2D eigenvalue weighted by Crippen LogP contribution is 2.22. The molecule has 0 aliphatic rings. The van der Waals surface area contributed by atoms with Gasteiger partial charge in [0.2, 0.25) is 5.82 Å². The minimum absolute atomic E-state index is 0.293. The van der Waals surface area contributed by atoms with Gasteiger partial charge in [-0.2, -0.15) is 4.98 Å². The lowest BCUT2D eigenvalue weighted by molar-refractivity contribution is -0.138. The maximum absolute atomic E-state index is 10.3. The fourth-order valence-corrected chi connectivity index (χ4v) is 2.14. The summed E-state index contributed by atoms with van der Waals surface area (Å²) in [5, 5.41) is 4.03. The van der Waals surface area contributed by atoms with E-state index >= 15 is 0 Å². The van der Waals surface area contributed by atoms with E-state index in [4.69, 9.17) is 4.52 Å². The SMILES string of the molecule is C=CC(=O)OCCOC.Cc1ccc(-c2noc(-c3ccc(C)cc3)n2)cc1. The molecule has 0 unspecified atom stereocenters. The molecule has 1 heterocycles. The van der Waals surface area contributed by atoms with Crippen molar-refractivity contribution in [1.29, 1.82) is 0 Å². The van der Waals surface area contributed by atoms with Gasteiger partial charge in [0.15, 0.2) is 0 Å². The lowest BCUT2D eigenvalue weighted by Crippen LogP contribution is -2.06. The summed E-state index contributed by atoms with van der Waals surface area (Å²) in [6.45, 7) is 8.05.